The molecule has 0 amide bonds. The van der Waals surface area contributed by atoms with Crippen LogP contribution in [0.25, 0.3) is 0 Å². The molecule has 0 aliphatic carbocycles. The van der Waals surface area contributed by atoms with Gasteiger partial charge in [0.05, 0.1) is 0 Å². The molecule has 1 saturated heterocycles. The van der Waals surface area contributed by atoms with Crippen molar-refractivity contribution < 1.29 is 13.2 Å². The van der Waals surface area contributed by atoms with Crippen molar-refractivity contribution in [1.29, 1.82) is 0 Å². The molecule has 5 nitrogen and oxygen atoms in total. The summed E-state index contributed by atoms with van der Waals surface area (Å²) in [5.74, 6) is 0.157. The van der Waals surface area contributed by atoms with Gasteiger partial charge in [-0.05, 0) is 26.4 Å². The molecular weight excluding hydrogens is 283 g/mol. The Labute approximate surface area is 122 Å². The summed E-state index contributed by atoms with van der Waals surface area (Å²) in [6, 6.07) is 1.27. The molecule has 21 heavy (non-hydrogen) atoms. The van der Waals surface area contributed by atoms with Gasteiger partial charge in [-0.1, -0.05) is 6.42 Å². The summed E-state index contributed by atoms with van der Waals surface area (Å²) in [5, 5.41) is 5.55. The molecule has 118 valence electrons. The van der Waals surface area contributed by atoms with Crippen molar-refractivity contribution in [2.75, 3.05) is 37.8 Å². The molecular formula is C13H20F3N5. The molecule has 0 saturated carbocycles. The lowest BCUT2D eigenvalue weighted by Gasteiger charge is -2.32. The number of hydrogen-bond donors (Lipinski definition) is 2. The van der Waals surface area contributed by atoms with Crippen LogP contribution in [0.15, 0.2) is 6.07 Å². The number of alkyl halides is 3. The highest BCUT2D eigenvalue weighted by molar-refractivity contribution is 5.43. The molecule has 0 spiro atoms. The third kappa shape index (κ3) is 4.20. The standard InChI is InChI=1S/C13H20F3N5/c1-17-12-19-10(13(14,15)16)7-11(20-12)18-8-9-5-3-4-6-21(9)2/h7,9H,3-6,8H2,1-2H3,(H2,17,18,19,20). The summed E-state index contributed by atoms with van der Waals surface area (Å²) in [6.45, 7) is 1.60. The van der Waals surface area contributed by atoms with Crippen molar-refractivity contribution in [3.8, 4) is 0 Å². The summed E-state index contributed by atoms with van der Waals surface area (Å²) in [6.07, 6.45) is -1.12. The molecule has 2 heterocycles. The van der Waals surface area contributed by atoms with Crippen molar-refractivity contribution in [3.63, 3.8) is 0 Å². The van der Waals surface area contributed by atoms with E-state index < -0.39 is 11.9 Å². The number of rotatable bonds is 4. The van der Waals surface area contributed by atoms with Gasteiger partial charge in [0.15, 0.2) is 5.69 Å². The van der Waals surface area contributed by atoms with Crippen molar-refractivity contribution in [2.45, 2.75) is 31.5 Å². The molecule has 1 aliphatic heterocycles. The van der Waals surface area contributed by atoms with Gasteiger partial charge in [-0.25, -0.2) is 4.98 Å². The third-order valence-electron chi connectivity index (χ3n) is 3.68. The van der Waals surface area contributed by atoms with Gasteiger partial charge in [-0.2, -0.15) is 18.2 Å². The number of hydrogen-bond acceptors (Lipinski definition) is 5. The zero-order chi connectivity index (χ0) is 15.5. The topological polar surface area (TPSA) is 53.1 Å². The fourth-order valence-electron chi connectivity index (χ4n) is 2.42. The number of anilines is 2. The normalized spacial score (nSPS) is 20.3. The van der Waals surface area contributed by atoms with Crippen LogP contribution in [0.1, 0.15) is 25.0 Å². The van der Waals surface area contributed by atoms with Crippen molar-refractivity contribution in [2.24, 2.45) is 0 Å². The van der Waals surface area contributed by atoms with Gasteiger partial charge >= 0.3 is 6.18 Å². The Morgan fingerprint density at radius 1 is 1.33 bits per heavy atom. The van der Waals surface area contributed by atoms with E-state index in [1.807, 2.05) is 7.05 Å². The monoisotopic (exact) mass is 303 g/mol. The maximum absolute atomic E-state index is 12.8. The fraction of sp³-hybridized carbons (Fsp3) is 0.692. The fourth-order valence-corrected chi connectivity index (χ4v) is 2.42. The smallest absolute Gasteiger partial charge is 0.368 e. The minimum atomic E-state index is -4.48. The predicted octanol–water partition coefficient (Wildman–Crippen LogP) is 2.43. The summed E-state index contributed by atoms with van der Waals surface area (Å²) < 4.78 is 38.4. The van der Waals surface area contributed by atoms with Crippen molar-refractivity contribution in [1.82, 2.24) is 14.9 Å². The molecule has 2 rings (SSSR count). The average Bonchev–Trinajstić information content (AvgIpc) is 2.45. The Morgan fingerprint density at radius 3 is 2.71 bits per heavy atom. The van der Waals surface area contributed by atoms with Gasteiger partial charge in [0.2, 0.25) is 5.95 Å². The first kappa shape index (κ1) is 15.8. The first-order valence-electron chi connectivity index (χ1n) is 6.98. The van der Waals surface area contributed by atoms with Gasteiger partial charge in [0, 0.05) is 25.7 Å². The Morgan fingerprint density at radius 2 is 2.10 bits per heavy atom. The van der Waals surface area contributed by atoms with Gasteiger partial charge in [-0.15, -0.1) is 0 Å². The summed E-state index contributed by atoms with van der Waals surface area (Å²) in [7, 11) is 3.53. The van der Waals surface area contributed by atoms with E-state index in [0.717, 1.165) is 25.5 Å². The zero-order valence-corrected chi connectivity index (χ0v) is 12.2. The van der Waals surface area contributed by atoms with E-state index in [-0.39, 0.29) is 11.8 Å². The maximum atomic E-state index is 12.8. The molecule has 1 aromatic heterocycles. The zero-order valence-electron chi connectivity index (χ0n) is 12.2. The van der Waals surface area contributed by atoms with Crippen LogP contribution in [0.2, 0.25) is 0 Å². The molecule has 2 N–H and O–H groups in total. The minimum Gasteiger partial charge on any atom is -0.368 e. The third-order valence-corrected chi connectivity index (χ3v) is 3.68. The highest BCUT2D eigenvalue weighted by Crippen LogP contribution is 2.29. The largest absolute Gasteiger partial charge is 0.433 e. The highest BCUT2D eigenvalue weighted by atomic mass is 19.4. The lowest BCUT2D eigenvalue weighted by molar-refractivity contribution is -0.141. The number of halogens is 3. The highest BCUT2D eigenvalue weighted by Gasteiger charge is 2.33. The van der Waals surface area contributed by atoms with Crippen LogP contribution in [0, 0.1) is 0 Å². The van der Waals surface area contributed by atoms with Crippen LogP contribution in [0.5, 0.6) is 0 Å². The Kier molecular flexibility index (Phi) is 4.87. The maximum Gasteiger partial charge on any atom is 0.433 e. The second-order valence-electron chi connectivity index (χ2n) is 5.22. The molecule has 0 radical (unpaired) electrons. The van der Waals surface area contributed by atoms with Crippen molar-refractivity contribution in [3.05, 3.63) is 11.8 Å². The predicted molar refractivity (Wildman–Crippen MR) is 75.3 cm³/mol. The van der Waals surface area contributed by atoms with E-state index in [1.165, 1.54) is 13.5 Å². The van der Waals surface area contributed by atoms with Crippen LogP contribution >= 0.6 is 0 Å². The molecule has 1 aliphatic rings. The van der Waals surface area contributed by atoms with Crippen LogP contribution < -0.4 is 10.6 Å². The lowest BCUT2D eigenvalue weighted by Crippen LogP contribution is -2.40. The van der Waals surface area contributed by atoms with Gasteiger partial charge < -0.3 is 15.5 Å². The van der Waals surface area contributed by atoms with Gasteiger partial charge in [0.25, 0.3) is 0 Å². The summed E-state index contributed by atoms with van der Waals surface area (Å²) >= 11 is 0. The lowest BCUT2D eigenvalue weighted by atomic mass is 10.0. The average molecular weight is 303 g/mol. The summed E-state index contributed by atoms with van der Waals surface area (Å²) in [5.41, 5.74) is -0.943. The van der Waals surface area contributed by atoms with E-state index in [2.05, 4.69) is 25.5 Å². The number of nitrogens with one attached hydrogen (secondary N) is 2. The first-order valence-corrected chi connectivity index (χ1v) is 6.98. The van der Waals surface area contributed by atoms with Crippen LogP contribution in [-0.4, -0.2) is 48.1 Å². The van der Waals surface area contributed by atoms with Crippen LogP contribution in [0.4, 0.5) is 24.9 Å². The molecule has 1 aromatic rings. The van der Waals surface area contributed by atoms with Crippen molar-refractivity contribution >= 4 is 11.8 Å². The number of piperidine rings is 1. The molecule has 1 atom stereocenters. The quantitative estimate of drug-likeness (QED) is 0.895. The van der Waals surface area contributed by atoms with E-state index in [4.69, 9.17) is 0 Å². The van der Waals surface area contributed by atoms with Gasteiger partial charge in [-0.3, -0.25) is 0 Å². The van der Waals surface area contributed by atoms with E-state index in [1.54, 1.807) is 0 Å². The molecule has 0 aromatic carbocycles. The Bertz CT molecular complexity index is 477. The first-order chi connectivity index (χ1) is 9.90. The number of likely N-dealkylation sites (tertiary alicyclic amines) is 1. The number of aromatic nitrogens is 2. The number of nitrogens with zero attached hydrogens (tertiary/aromatic N) is 3. The second kappa shape index (κ2) is 6.46. The second-order valence-corrected chi connectivity index (χ2v) is 5.22. The van der Waals surface area contributed by atoms with E-state index in [0.29, 0.717) is 12.6 Å². The van der Waals surface area contributed by atoms with E-state index in [9.17, 15) is 13.2 Å². The molecule has 1 unspecified atom stereocenters. The SMILES string of the molecule is CNc1nc(NCC2CCCCN2C)cc(C(F)(F)F)n1. The molecule has 1 fully saturated rings. The Hall–Kier alpha value is -1.57. The van der Waals surface area contributed by atoms with Crippen LogP contribution in [0.3, 0.4) is 0 Å². The summed E-state index contributed by atoms with van der Waals surface area (Å²) in [4.78, 5) is 9.68. The number of likely N-dealkylation sites (N-methyl/N-ethyl adjacent to an activating group) is 1. The molecule has 0 bridgehead atoms. The van der Waals surface area contributed by atoms with Crippen LogP contribution in [-0.2, 0) is 6.18 Å². The van der Waals surface area contributed by atoms with Gasteiger partial charge in [0.1, 0.15) is 5.82 Å². The van der Waals surface area contributed by atoms with E-state index >= 15 is 0 Å². The minimum absolute atomic E-state index is 0.0377. The molecule has 8 heteroatoms. The Balaban J connectivity index is 2.08.